The van der Waals surface area contributed by atoms with Gasteiger partial charge in [0.1, 0.15) is 5.66 Å². The highest BCUT2D eigenvalue weighted by Gasteiger charge is 2.52. The second-order valence-corrected chi connectivity index (χ2v) is 8.53. The van der Waals surface area contributed by atoms with Crippen LogP contribution in [0.4, 0.5) is 5.69 Å². The molecule has 0 spiro atoms. The van der Waals surface area contributed by atoms with Gasteiger partial charge in [0.05, 0.1) is 17.3 Å². The molecule has 3 aliphatic rings. The largest absolute Gasteiger partial charge is 0.349 e. The number of amides is 3. The Bertz CT molecular complexity index is 1050. The molecule has 2 atom stereocenters. The number of hydrogen-bond donors (Lipinski definition) is 1. The molecular formula is C24H25N3O3. The van der Waals surface area contributed by atoms with Gasteiger partial charge in [0.2, 0.25) is 11.8 Å². The van der Waals surface area contributed by atoms with Gasteiger partial charge in [-0.1, -0.05) is 36.4 Å². The Morgan fingerprint density at radius 3 is 2.73 bits per heavy atom. The zero-order valence-corrected chi connectivity index (χ0v) is 17.1. The summed E-state index contributed by atoms with van der Waals surface area (Å²) in [6.07, 6.45) is 3.06. The lowest BCUT2D eigenvalue weighted by atomic mass is 9.98. The summed E-state index contributed by atoms with van der Waals surface area (Å²) < 4.78 is 0. The predicted molar refractivity (Wildman–Crippen MR) is 113 cm³/mol. The summed E-state index contributed by atoms with van der Waals surface area (Å²) in [5, 5.41) is 3.13. The van der Waals surface area contributed by atoms with Crippen molar-refractivity contribution in [2.24, 2.45) is 0 Å². The monoisotopic (exact) mass is 403 g/mol. The van der Waals surface area contributed by atoms with E-state index in [2.05, 4.69) is 17.4 Å². The Kier molecular flexibility index (Phi) is 4.38. The summed E-state index contributed by atoms with van der Waals surface area (Å²) in [5.41, 5.74) is 2.96. The first-order valence-electron chi connectivity index (χ1n) is 10.6. The molecule has 154 valence electrons. The second kappa shape index (κ2) is 6.97. The molecule has 0 aromatic heterocycles. The highest BCUT2D eigenvalue weighted by Crippen LogP contribution is 2.44. The van der Waals surface area contributed by atoms with Gasteiger partial charge in [0.15, 0.2) is 0 Å². The molecule has 2 aromatic carbocycles. The Balaban J connectivity index is 1.33. The molecule has 2 aromatic rings. The molecule has 5 rings (SSSR count). The minimum atomic E-state index is -0.719. The molecule has 0 unspecified atom stereocenters. The van der Waals surface area contributed by atoms with Gasteiger partial charge in [-0.2, -0.15) is 0 Å². The number of hydrogen-bond acceptors (Lipinski definition) is 3. The summed E-state index contributed by atoms with van der Waals surface area (Å²) in [6, 6.07) is 15.5. The van der Waals surface area contributed by atoms with Crippen LogP contribution in [-0.2, 0) is 16.0 Å². The third kappa shape index (κ3) is 2.82. The van der Waals surface area contributed by atoms with Crippen molar-refractivity contribution < 1.29 is 14.4 Å². The van der Waals surface area contributed by atoms with Gasteiger partial charge in [0, 0.05) is 19.4 Å². The third-order valence-electron chi connectivity index (χ3n) is 6.78. The minimum absolute atomic E-state index is 0.0227. The molecule has 0 saturated carbocycles. The van der Waals surface area contributed by atoms with Crippen molar-refractivity contribution >= 4 is 23.4 Å². The number of para-hydroxylation sites is 1. The maximum absolute atomic E-state index is 13.2. The lowest BCUT2D eigenvalue weighted by Gasteiger charge is -2.48. The van der Waals surface area contributed by atoms with Gasteiger partial charge in [-0.05, 0) is 49.4 Å². The highest BCUT2D eigenvalue weighted by molar-refractivity contribution is 6.10. The van der Waals surface area contributed by atoms with E-state index in [0.29, 0.717) is 24.1 Å². The van der Waals surface area contributed by atoms with Crippen LogP contribution in [0, 0.1) is 0 Å². The fourth-order valence-electron chi connectivity index (χ4n) is 5.23. The third-order valence-corrected chi connectivity index (χ3v) is 6.78. The van der Waals surface area contributed by atoms with Crippen LogP contribution in [0.1, 0.15) is 60.1 Å². The quantitative estimate of drug-likeness (QED) is 0.852. The van der Waals surface area contributed by atoms with Crippen LogP contribution in [0.3, 0.4) is 0 Å². The predicted octanol–water partition coefficient (Wildman–Crippen LogP) is 3.18. The molecule has 2 aliphatic heterocycles. The van der Waals surface area contributed by atoms with Crippen LogP contribution < -0.4 is 10.2 Å². The Labute approximate surface area is 175 Å². The van der Waals surface area contributed by atoms with E-state index in [0.717, 1.165) is 12.8 Å². The Hall–Kier alpha value is -3.15. The van der Waals surface area contributed by atoms with E-state index < -0.39 is 5.66 Å². The van der Waals surface area contributed by atoms with Crippen molar-refractivity contribution in [3.05, 3.63) is 65.2 Å². The van der Waals surface area contributed by atoms with Crippen LogP contribution in [0.5, 0.6) is 0 Å². The molecule has 6 nitrogen and oxygen atoms in total. The molecule has 30 heavy (non-hydrogen) atoms. The first-order valence-corrected chi connectivity index (χ1v) is 10.6. The molecule has 0 radical (unpaired) electrons. The smallest absolute Gasteiger partial charge is 0.257 e. The number of fused-ring (bicyclic) bond motifs is 4. The summed E-state index contributed by atoms with van der Waals surface area (Å²) in [4.78, 5) is 42.1. The van der Waals surface area contributed by atoms with Crippen molar-refractivity contribution in [2.75, 3.05) is 11.4 Å². The highest BCUT2D eigenvalue weighted by atomic mass is 16.2. The lowest BCUT2D eigenvalue weighted by Crippen LogP contribution is -2.62. The van der Waals surface area contributed by atoms with Gasteiger partial charge in [-0.25, -0.2) is 0 Å². The van der Waals surface area contributed by atoms with Gasteiger partial charge < -0.3 is 10.2 Å². The Morgan fingerprint density at radius 2 is 1.87 bits per heavy atom. The average Bonchev–Trinajstić information content (AvgIpc) is 3.29. The van der Waals surface area contributed by atoms with E-state index in [1.54, 1.807) is 15.9 Å². The first-order chi connectivity index (χ1) is 14.5. The molecule has 6 heteroatoms. The lowest BCUT2D eigenvalue weighted by molar-refractivity contribution is -0.122. The number of rotatable bonds is 4. The standard InChI is InChI=1S/C24H25N3O3/c1-24-14-12-22(29)27(24)20-9-5-4-8-18(20)23(30)26(24)15-13-21(28)25-19-11-10-16-6-2-3-7-17(16)19/h2-9,19H,10-15H2,1H3,(H,25,28)/t19-,24+/m1/s1. The van der Waals surface area contributed by atoms with E-state index in [1.165, 1.54) is 11.1 Å². The number of aryl methyl sites for hydroxylation is 1. The molecule has 1 N–H and O–H groups in total. The minimum Gasteiger partial charge on any atom is -0.349 e. The SMILES string of the molecule is C[C@@]12CCC(=O)N1c1ccccc1C(=O)N2CCC(=O)N[C@@H]1CCc2ccccc21. The van der Waals surface area contributed by atoms with Crippen LogP contribution in [0.15, 0.2) is 48.5 Å². The Morgan fingerprint density at radius 1 is 1.10 bits per heavy atom. The average molecular weight is 403 g/mol. The number of anilines is 1. The molecule has 1 aliphatic carbocycles. The number of carbonyl (C=O) groups excluding carboxylic acids is 3. The van der Waals surface area contributed by atoms with Crippen LogP contribution in [0.25, 0.3) is 0 Å². The van der Waals surface area contributed by atoms with E-state index >= 15 is 0 Å². The van der Waals surface area contributed by atoms with Crippen LogP contribution >= 0.6 is 0 Å². The van der Waals surface area contributed by atoms with Gasteiger partial charge >= 0.3 is 0 Å². The van der Waals surface area contributed by atoms with Crippen LogP contribution in [0.2, 0.25) is 0 Å². The van der Waals surface area contributed by atoms with Crippen molar-refractivity contribution in [3.63, 3.8) is 0 Å². The molecule has 3 amide bonds. The van der Waals surface area contributed by atoms with E-state index in [-0.39, 0.29) is 36.7 Å². The maximum Gasteiger partial charge on any atom is 0.257 e. The van der Waals surface area contributed by atoms with Crippen molar-refractivity contribution in [1.82, 2.24) is 10.2 Å². The topological polar surface area (TPSA) is 69.7 Å². The molecule has 0 bridgehead atoms. The summed E-state index contributed by atoms with van der Waals surface area (Å²) in [7, 11) is 0. The fourth-order valence-corrected chi connectivity index (χ4v) is 5.23. The van der Waals surface area contributed by atoms with Crippen molar-refractivity contribution in [2.45, 2.75) is 50.7 Å². The second-order valence-electron chi connectivity index (χ2n) is 8.53. The zero-order valence-electron chi connectivity index (χ0n) is 17.1. The van der Waals surface area contributed by atoms with Crippen LogP contribution in [-0.4, -0.2) is 34.8 Å². The van der Waals surface area contributed by atoms with E-state index in [1.807, 2.05) is 37.3 Å². The molecular weight excluding hydrogens is 378 g/mol. The van der Waals surface area contributed by atoms with Crippen molar-refractivity contribution in [1.29, 1.82) is 0 Å². The van der Waals surface area contributed by atoms with Gasteiger partial charge in [0.25, 0.3) is 5.91 Å². The molecule has 1 saturated heterocycles. The fraction of sp³-hybridized carbons (Fsp3) is 0.375. The zero-order chi connectivity index (χ0) is 20.9. The number of carbonyl (C=O) groups is 3. The van der Waals surface area contributed by atoms with E-state index in [4.69, 9.17) is 0 Å². The molecule has 1 fully saturated rings. The van der Waals surface area contributed by atoms with Gasteiger partial charge in [-0.15, -0.1) is 0 Å². The van der Waals surface area contributed by atoms with E-state index in [9.17, 15) is 14.4 Å². The number of benzene rings is 2. The van der Waals surface area contributed by atoms with Gasteiger partial charge in [-0.3, -0.25) is 19.3 Å². The summed E-state index contributed by atoms with van der Waals surface area (Å²) >= 11 is 0. The maximum atomic E-state index is 13.2. The summed E-state index contributed by atoms with van der Waals surface area (Å²) in [5.74, 6) is -0.157. The number of nitrogens with zero attached hydrogens (tertiary/aromatic N) is 2. The summed E-state index contributed by atoms with van der Waals surface area (Å²) in [6.45, 7) is 2.21. The molecule has 2 heterocycles. The number of nitrogens with one attached hydrogen (secondary N) is 1. The van der Waals surface area contributed by atoms with Crippen molar-refractivity contribution in [3.8, 4) is 0 Å². The first kappa shape index (κ1) is 18.9. The normalized spacial score (nSPS) is 24.5.